The molecule has 1 rings (SSSR count). The molecule has 4 heteroatoms. The van der Waals surface area contributed by atoms with Gasteiger partial charge in [-0.2, -0.15) is 5.26 Å². The molecule has 0 aliphatic heterocycles. The van der Waals surface area contributed by atoms with Gasteiger partial charge in [0.25, 0.3) is 0 Å². The second-order valence-corrected chi connectivity index (χ2v) is 3.56. The number of hydrogen-bond acceptors (Lipinski definition) is 3. The average Bonchev–Trinajstić information content (AvgIpc) is 2.31. The number of ether oxygens (including phenoxy) is 2. The molecule has 0 saturated carbocycles. The second-order valence-electron chi connectivity index (χ2n) is 3.15. The van der Waals surface area contributed by atoms with Crippen LogP contribution in [-0.4, -0.2) is 13.2 Å². The first-order chi connectivity index (χ1) is 8.22. The van der Waals surface area contributed by atoms with Crippen LogP contribution in [0.3, 0.4) is 0 Å². The quantitative estimate of drug-likeness (QED) is 0.750. The monoisotopic (exact) mass is 251 g/mol. The minimum Gasteiger partial charge on any atom is -0.494 e. The van der Waals surface area contributed by atoms with Crippen molar-refractivity contribution in [1.82, 2.24) is 0 Å². The van der Waals surface area contributed by atoms with Gasteiger partial charge in [0.2, 0.25) is 0 Å². The minimum atomic E-state index is 0.482. The lowest BCUT2D eigenvalue weighted by atomic mass is 10.1. The van der Waals surface area contributed by atoms with Crippen LogP contribution in [0.1, 0.15) is 19.4 Å². The van der Waals surface area contributed by atoms with E-state index in [9.17, 15) is 0 Å². The van der Waals surface area contributed by atoms with Crippen molar-refractivity contribution in [2.75, 3.05) is 13.2 Å². The summed E-state index contributed by atoms with van der Waals surface area (Å²) in [5, 5.41) is 9.03. The Kier molecular flexibility index (Phi) is 5.38. The Morgan fingerprint density at radius 3 is 2.59 bits per heavy atom. The van der Waals surface area contributed by atoms with Gasteiger partial charge in [0, 0.05) is 17.7 Å². The lowest BCUT2D eigenvalue weighted by Gasteiger charge is -2.12. The number of nitriles is 1. The summed E-state index contributed by atoms with van der Waals surface area (Å²) in [5.41, 5.74) is 0.740. The lowest BCUT2D eigenvalue weighted by Crippen LogP contribution is -1.97. The SMILES string of the molecule is CCOc1cc(Cl)c(OCC)c(C=CC#N)c1. The zero-order valence-electron chi connectivity index (χ0n) is 9.87. The van der Waals surface area contributed by atoms with Gasteiger partial charge in [-0.3, -0.25) is 0 Å². The molecule has 3 nitrogen and oxygen atoms in total. The maximum Gasteiger partial charge on any atom is 0.145 e. The van der Waals surface area contributed by atoms with Gasteiger partial charge in [-0.05, 0) is 26.0 Å². The Morgan fingerprint density at radius 2 is 2.00 bits per heavy atom. The third-order valence-corrected chi connectivity index (χ3v) is 2.26. The second kappa shape index (κ2) is 6.82. The van der Waals surface area contributed by atoms with E-state index in [4.69, 9.17) is 26.3 Å². The van der Waals surface area contributed by atoms with E-state index in [1.807, 2.05) is 19.9 Å². The summed E-state index contributed by atoms with van der Waals surface area (Å²) >= 11 is 6.11. The van der Waals surface area contributed by atoms with Crippen LogP contribution in [0.15, 0.2) is 18.2 Å². The maximum absolute atomic E-state index is 8.55. The van der Waals surface area contributed by atoms with Gasteiger partial charge in [-0.25, -0.2) is 0 Å². The van der Waals surface area contributed by atoms with Gasteiger partial charge in [0.05, 0.1) is 24.3 Å². The zero-order valence-corrected chi connectivity index (χ0v) is 10.6. The standard InChI is InChI=1S/C13H14ClNO2/c1-3-16-11-8-10(6-5-7-15)13(17-4-2)12(14)9-11/h5-6,8-9H,3-4H2,1-2H3. The molecule has 0 bridgehead atoms. The highest BCUT2D eigenvalue weighted by molar-refractivity contribution is 6.32. The predicted octanol–water partition coefficient (Wildman–Crippen LogP) is 3.67. The summed E-state index contributed by atoms with van der Waals surface area (Å²) < 4.78 is 10.8. The molecule has 17 heavy (non-hydrogen) atoms. The zero-order chi connectivity index (χ0) is 12.7. The predicted molar refractivity (Wildman–Crippen MR) is 68.4 cm³/mol. The van der Waals surface area contributed by atoms with Crippen molar-refractivity contribution in [3.05, 3.63) is 28.8 Å². The van der Waals surface area contributed by atoms with Gasteiger partial charge in [0.15, 0.2) is 0 Å². The molecule has 0 N–H and O–H groups in total. The highest BCUT2D eigenvalue weighted by Gasteiger charge is 2.09. The number of allylic oxidation sites excluding steroid dienone is 1. The number of benzene rings is 1. The molecule has 0 aliphatic rings. The molecule has 0 aliphatic carbocycles. The molecule has 0 spiro atoms. The van der Waals surface area contributed by atoms with Crippen molar-refractivity contribution < 1.29 is 9.47 Å². The van der Waals surface area contributed by atoms with E-state index < -0.39 is 0 Å². The molecule has 0 unspecified atom stereocenters. The Morgan fingerprint density at radius 1 is 1.29 bits per heavy atom. The van der Waals surface area contributed by atoms with Gasteiger partial charge in [0.1, 0.15) is 11.5 Å². The summed E-state index contributed by atoms with van der Waals surface area (Å²) in [6, 6.07) is 5.44. The van der Waals surface area contributed by atoms with Crippen LogP contribution < -0.4 is 9.47 Å². The van der Waals surface area contributed by atoms with E-state index in [-0.39, 0.29) is 0 Å². The maximum atomic E-state index is 8.55. The van der Waals surface area contributed by atoms with Crippen LogP contribution >= 0.6 is 11.6 Å². The molecule has 90 valence electrons. The van der Waals surface area contributed by atoms with Gasteiger partial charge in [-0.15, -0.1) is 0 Å². The van der Waals surface area contributed by atoms with Gasteiger partial charge >= 0.3 is 0 Å². The van der Waals surface area contributed by atoms with E-state index in [0.29, 0.717) is 29.7 Å². The normalized spacial score (nSPS) is 10.2. The van der Waals surface area contributed by atoms with Crippen LogP contribution in [0, 0.1) is 11.3 Å². The molecular weight excluding hydrogens is 238 g/mol. The van der Waals surface area contributed by atoms with E-state index in [1.165, 1.54) is 6.08 Å². The van der Waals surface area contributed by atoms with Crippen LogP contribution in [0.2, 0.25) is 5.02 Å². The first-order valence-electron chi connectivity index (χ1n) is 5.38. The van der Waals surface area contributed by atoms with Gasteiger partial charge in [-0.1, -0.05) is 11.6 Å². The average molecular weight is 252 g/mol. The third-order valence-electron chi connectivity index (χ3n) is 1.98. The highest BCUT2D eigenvalue weighted by atomic mass is 35.5. The van der Waals surface area contributed by atoms with Crippen LogP contribution in [0.5, 0.6) is 11.5 Å². The van der Waals surface area contributed by atoms with Crippen LogP contribution in [0.25, 0.3) is 6.08 Å². The fourth-order valence-electron chi connectivity index (χ4n) is 1.39. The van der Waals surface area contributed by atoms with Gasteiger partial charge < -0.3 is 9.47 Å². The van der Waals surface area contributed by atoms with E-state index >= 15 is 0 Å². The molecule has 0 atom stereocenters. The lowest BCUT2D eigenvalue weighted by molar-refractivity contribution is 0.330. The number of halogens is 1. The van der Waals surface area contributed by atoms with Crippen LogP contribution in [-0.2, 0) is 0 Å². The fourth-order valence-corrected chi connectivity index (χ4v) is 1.66. The molecule has 0 amide bonds. The Hall–Kier alpha value is -1.66. The molecular formula is C13H14ClNO2. The number of hydrogen-bond donors (Lipinski definition) is 0. The first kappa shape index (κ1) is 13.4. The Bertz CT molecular complexity index is 449. The smallest absolute Gasteiger partial charge is 0.145 e. The van der Waals surface area contributed by atoms with E-state index in [2.05, 4.69) is 0 Å². The largest absolute Gasteiger partial charge is 0.494 e. The van der Waals surface area contributed by atoms with Crippen molar-refractivity contribution in [3.8, 4) is 17.6 Å². The molecule has 0 aromatic heterocycles. The molecule has 0 fully saturated rings. The Labute approximate surface area is 106 Å². The topological polar surface area (TPSA) is 42.2 Å². The first-order valence-corrected chi connectivity index (χ1v) is 5.76. The third kappa shape index (κ3) is 3.69. The molecule has 0 heterocycles. The van der Waals surface area contributed by atoms with Crippen molar-refractivity contribution in [2.45, 2.75) is 13.8 Å². The number of nitrogens with zero attached hydrogens (tertiary/aromatic N) is 1. The molecule has 0 saturated heterocycles. The summed E-state index contributed by atoms with van der Waals surface area (Å²) in [7, 11) is 0. The summed E-state index contributed by atoms with van der Waals surface area (Å²) in [5.74, 6) is 1.24. The number of rotatable bonds is 5. The van der Waals surface area contributed by atoms with Crippen molar-refractivity contribution in [1.29, 1.82) is 5.26 Å². The Balaban J connectivity index is 3.19. The van der Waals surface area contributed by atoms with E-state index in [1.54, 1.807) is 18.2 Å². The van der Waals surface area contributed by atoms with Crippen molar-refractivity contribution >= 4 is 17.7 Å². The van der Waals surface area contributed by atoms with Crippen molar-refractivity contribution in [2.24, 2.45) is 0 Å². The molecule has 1 aromatic rings. The highest BCUT2D eigenvalue weighted by Crippen LogP contribution is 2.34. The summed E-state index contributed by atoms with van der Waals surface area (Å²) in [6.07, 6.45) is 3.03. The minimum absolute atomic E-state index is 0.482. The van der Waals surface area contributed by atoms with Crippen LogP contribution in [0.4, 0.5) is 0 Å². The van der Waals surface area contributed by atoms with E-state index in [0.717, 1.165) is 5.56 Å². The fraction of sp³-hybridized carbons (Fsp3) is 0.308. The summed E-state index contributed by atoms with van der Waals surface area (Å²) in [4.78, 5) is 0. The summed E-state index contributed by atoms with van der Waals surface area (Å²) in [6.45, 7) is 4.85. The molecule has 0 radical (unpaired) electrons. The van der Waals surface area contributed by atoms with Crippen molar-refractivity contribution in [3.63, 3.8) is 0 Å². The molecule has 1 aromatic carbocycles.